The Morgan fingerprint density at radius 3 is 2.56 bits per heavy atom. The number of likely N-dealkylation sites (N-methyl/N-ethyl adjacent to an activating group) is 1. The summed E-state index contributed by atoms with van der Waals surface area (Å²) >= 11 is 1.82. The zero-order valence-corrected chi connectivity index (χ0v) is 16.3. The van der Waals surface area contributed by atoms with Crippen LogP contribution in [0.5, 0.6) is 11.6 Å². The third-order valence-electron chi connectivity index (χ3n) is 4.33. The van der Waals surface area contributed by atoms with E-state index in [1.807, 2.05) is 23.5 Å². The molecule has 0 atom stereocenters. The van der Waals surface area contributed by atoms with E-state index in [9.17, 15) is 4.79 Å². The average molecular weight is 382 g/mol. The molecule has 1 amide bonds. The fourth-order valence-corrected chi connectivity index (χ4v) is 3.63. The fourth-order valence-electron chi connectivity index (χ4n) is 2.64. The van der Waals surface area contributed by atoms with Crippen molar-refractivity contribution in [1.29, 1.82) is 0 Å². The molecule has 3 rings (SSSR count). The molecule has 2 N–H and O–H groups in total. The van der Waals surface area contributed by atoms with Crippen molar-refractivity contribution in [3.05, 3.63) is 75.6 Å². The number of thiophene rings is 1. The molecule has 0 saturated carbocycles. The van der Waals surface area contributed by atoms with Gasteiger partial charge in [-0.2, -0.15) is 0 Å². The Kier molecular flexibility index (Phi) is 6.21. The SMILES string of the molecule is Cc1ccsc1CN(C)CCc1ccc(Oc2ccc(C(N)=O)cn2)cc1. The van der Waals surface area contributed by atoms with Crippen LogP contribution in [0.4, 0.5) is 0 Å². The second-order valence-electron chi connectivity index (χ2n) is 6.51. The molecule has 2 aromatic heterocycles. The van der Waals surface area contributed by atoms with E-state index in [0.29, 0.717) is 17.2 Å². The largest absolute Gasteiger partial charge is 0.439 e. The number of primary amides is 1. The van der Waals surface area contributed by atoms with E-state index in [-0.39, 0.29) is 0 Å². The number of nitrogens with two attached hydrogens (primary N) is 1. The van der Waals surface area contributed by atoms with E-state index >= 15 is 0 Å². The number of carbonyl (C=O) groups is 1. The summed E-state index contributed by atoms with van der Waals surface area (Å²) in [5, 5.41) is 2.15. The second-order valence-corrected chi connectivity index (χ2v) is 7.51. The molecule has 2 heterocycles. The van der Waals surface area contributed by atoms with Gasteiger partial charge in [0.15, 0.2) is 0 Å². The Hall–Kier alpha value is -2.70. The summed E-state index contributed by atoms with van der Waals surface area (Å²) < 4.78 is 5.70. The van der Waals surface area contributed by atoms with Gasteiger partial charge in [0.25, 0.3) is 0 Å². The summed E-state index contributed by atoms with van der Waals surface area (Å²) in [6.45, 7) is 4.14. The summed E-state index contributed by atoms with van der Waals surface area (Å²) in [5.41, 5.74) is 8.19. The van der Waals surface area contributed by atoms with Gasteiger partial charge in [0.1, 0.15) is 5.75 Å². The number of rotatable bonds is 8. The number of benzene rings is 1. The maximum absolute atomic E-state index is 11.1. The van der Waals surface area contributed by atoms with E-state index in [4.69, 9.17) is 10.5 Å². The van der Waals surface area contributed by atoms with Crippen molar-refractivity contribution in [3.8, 4) is 11.6 Å². The van der Waals surface area contributed by atoms with E-state index in [1.165, 1.54) is 22.2 Å². The highest BCUT2D eigenvalue weighted by atomic mass is 32.1. The van der Waals surface area contributed by atoms with Crippen LogP contribution >= 0.6 is 11.3 Å². The first-order valence-corrected chi connectivity index (χ1v) is 9.63. The van der Waals surface area contributed by atoms with Gasteiger partial charge in [-0.25, -0.2) is 4.98 Å². The van der Waals surface area contributed by atoms with Gasteiger partial charge < -0.3 is 15.4 Å². The summed E-state index contributed by atoms with van der Waals surface area (Å²) in [4.78, 5) is 18.9. The van der Waals surface area contributed by atoms with Crippen molar-refractivity contribution >= 4 is 17.2 Å². The van der Waals surface area contributed by atoms with Crippen LogP contribution in [0.15, 0.2) is 54.0 Å². The van der Waals surface area contributed by atoms with Crippen molar-refractivity contribution in [2.24, 2.45) is 5.73 Å². The van der Waals surface area contributed by atoms with Gasteiger partial charge >= 0.3 is 0 Å². The van der Waals surface area contributed by atoms with Gasteiger partial charge in [-0.15, -0.1) is 11.3 Å². The van der Waals surface area contributed by atoms with Crippen LogP contribution in [-0.4, -0.2) is 29.4 Å². The number of carbonyl (C=O) groups excluding carboxylic acids is 1. The number of pyridine rings is 1. The summed E-state index contributed by atoms with van der Waals surface area (Å²) in [5.74, 6) is 0.636. The molecule has 0 fully saturated rings. The highest BCUT2D eigenvalue weighted by Gasteiger charge is 2.06. The first-order valence-electron chi connectivity index (χ1n) is 8.75. The zero-order valence-electron chi connectivity index (χ0n) is 15.5. The minimum absolute atomic E-state index is 0.361. The molecule has 140 valence electrons. The van der Waals surface area contributed by atoms with Crippen molar-refractivity contribution in [3.63, 3.8) is 0 Å². The quantitative estimate of drug-likeness (QED) is 0.640. The van der Waals surface area contributed by atoms with E-state index in [0.717, 1.165) is 19.5 Å². The molecule has 5 nitrogen and oxygen atoms in total. The Bertz CT molecular complexity index is 889. The molecule has 6 heteroatoms. The van der Waals surface area contributed by atoms with Gasteiger partial charge in [0.2, 0.25) is 11.8 Å². The number of nitrogens with zero attached hydrogens (tertiary/aromatic N) is 2. The number of ether oxygens (including phenoxy) is 1. The van der Waals surface area contributed by atoms with E-state index < -0.39 is 5.91 Å². The lowest BCUT2D eigenvalue weighted by Crippen LogP contribution is -2.20. The minimum atomic E-state index is -0.502. The van der Waals surface area contributed by atoms with Crippen LogP contribution in [0.1, 0.15) is 26.4 Å². The highest BCUT2D eigenvalue weighted by Crippen LogP contribution is 2.21. The number of aromatic nitrogens is 1. The van der Waals surface area contributed by atoms with E-state index in [2.05, 4.69) is 47.4 Å². The standard InChI is InChI=1S/C21H23N3O2S/c1-15-10-12-27-19(15)14-24(2)11-9-16-3-6-18(7-4-16)26-20-8-5-17(13-23-20)21(22)25/h3-8,10,12-13H,9,11,14H2,1-2H3,(H2,22,25). The van der Waals surface area contributed by atoms with Gasteiger partial charge in [-0.3, -0.25) is 4.79 Å². The average Bonchev–Trinajstić information content (AvgIpc) is 3.06. The number of hydrogen-bond acceptors (Lipinski definition) is 5. The first-order chi connectivity index (χ1) is 13.0. The Balaban J connectivity index is 1.51. The smallest absolute Gasteiger partial charge is 0.250 e. The van der Waals surface area contributed by atoms with Crippen molar-refractivity contribution in [2.45, 2.75) is 19.9 Å². The van der Waals surface area contributed by atoms with E-state index in [1.54, 1.807) is 12.1 Å². The normalized spacial score (nSPS) is 10.9. The maximum Gasteiger partial charge on any atom is 0.250 e. The van der Waals surface area contributed by atoms with Gasteiger partial charge in [-0.1, -0.05) is 12.1 Å². The Labute approximate surface area is 163 Å². The number of aryl methyl sites for hydroxylation is 1. The number of hydrogen-bond donors (Lipinski definition) is 1. The first kappa shape index (κ1) is 19.1. The van der Waals surface area contributed by atoms with Crippen LogP contribution in [0, 0.1) is 6.92 Å². The predicted molar refractivity (Wildman–Crippen MR) is 108 cm³/mol. The van der Waals surface area contributed by atoms with Crippen LogP contribution in [-0.2, 0) is 13.0 Å². The van der Waals surface area contributed by atoms with Gasteiger partial charge in [-0.05, 0) is 61.2 Å². The summed E-state index contributed by atoms with van der Waals surface area (Å²) in [6.07, 6.45) is 2.39. The van der Waals surface area contributed by atoms with Gasteiger partial charge in [0, 0.05) is 30.2 Å². The van der Waals surface area contributed by atoms with Crippen molar-refractivity contribution in [1.82, 2.24) is 9.88 Å². The third-order valence-corrected chi connectivity index (χ3v) is 5.34. The molecular weight excluding hydrogens is 358 g/mol. The molecule has 0 aliphatic rings. The fraction of sp³-hybridized carbons (Fsp3) is 0.238. The van der Waals surface area contributed by atoms with Crippen LogP contribution in [0.3, 0.4) is 0 Å². The molecule has 0 radical (unpaired) electrons. The molecule has 0 aliphatic heterocycles. The predicted octanol–water partition coefficient (Wildman–Crippen LogP) is 4.02. The molecule has 1 aromatic carbocycles. The topological polar surface area (TPSA) is 68.5 Å². The Morgan fingerprint density at radius 1 is 1.19 bits per heavy atom. The minimum Gasteiger partial charge on any atom is -0.439 e. The number of amides is 1. The highest BCUT2D eigenvalue weighted by molar-refractivity contribution is 7.10. The molecule has 0 saturated heterocycles. The summed E-state index contributed by atoms with van der Waals surface area (Å²) in [7, 11) is 2.15. The monoisotopic (exact) mass is 381 g/mol. The van der Waals surface area contributed by atoms with Crippen molar-refractivity contribution in [2.75, 3.05) is 13.6 Å². The third kappa shape index (κ3) is 5.39. The van der Waals surface area contributed by atoms with Crippen LogP contribution in [0.25, 0.3) is 0 Å². The lowest BCUT2D eigenvalue weighted by Gasteiger charge is -2.16. The molecule has 0 unspecified atom stereocenters. The maximum atomic E-state index is 11.1. The Morgan fingerprint density at radius 2 is 1.96 bits per heavy atom. The molecule has 0 aliphatic carbocycles. The molecule has 3 aromatic rings. The van der Waals surface area contributed by atoms with Crippen molar-refractivity contribution < 1.29 is 9.53 Å². The van der Waals surface area contributed by atoms with Crippen LogP contribution in [0.2, 0.25) is 0 Å². The zero-order chi connectivity index (χ0) is 19.2. The lowest BCUT2D eigenvalue weighted by molar-refractivity contribution is 0.1000. The summed E-state index contributed by atoms with van der Waals surface area (Å²) in [6, 6.07) is 13.4. The molecule has 0 bridgehead atoms. The van der Waals surface area contributed by atoms with Gasteiger partial charge in [0.05, 0.1) is 5.56 Å². The second kappa shape index (κ2) is 8.79. The molecule has 0 spiro atoms. The van der Waals surface area contributed by atoms with Crippen LogP contribution < -0.4 is 10.5 Å². The molecule has 27 heavy (non-hydrogen) atoms. The lowest BCUT2D eigenvalue weighted by atomic mass is 10.1. The molecular formula is C21H23N3O2S.